The minimum absolute atomic E-state index is 0.365. The molecule has 0 heterocycles. The smallest absolute Gasteiger partial charge is 0.207 e. The lowest BCUT2D eigenvalue weighted by molar-refractivity contribution is 0.647. The molecule has 0 fully saturated rings. The summed E-state index contributed by atoms with van der Waals surface area (Å²) in [5.41, 5.74) is 8.00. The number of nitrogens with two attached hydrogens (primary N) is 1. The largest absolute Gasteiger partial charge is 0.386 e. The second-order valence-electron chi connectivity index (χ2n) is 4.30. The molecule has 16 heavy (non-hydrogen) atoms. The first-order chi connectivity index (χ1) is 7.61. The summed E-state index contributed by atoms with van der Waals surface area (Å²) in [4.78, 5) is 3.51. The van der Waals surface area contributed by atoms with Crippen molar-refractivity contribution < 1.29 is 0 Å². The molecule has 1 rings (SSSR count). The van der Waals surface area contributed by atoms with Gasteiger partial charge in [-0.1, -0.05) is 38.1 Å². The monoisotopic (exact) mass is 215 g/mol. The van der Waals surface area contributed by atoms with Crippen LogP contribution in [0.5, 0.6) is 0 Å². The molecule has 1 aromatic rings. The molecule has 84 valence electrons. The molecule has 0 aromatic heterocycles. The fourth-order valence-corrected chi connectivity index (χ4v) is 1.65. The van der Waals surface area contributed by atoms with Gasteiger partial charge in [0.25, 0.3) is 0 Å². The van der Waals surface area contributed by atoms with Gasteiger partial charge in [0.05, 0.1) is 0 Å². The van der Waals surface area contributed by atoms with Crippen LogP contribution in [0.15, 0.2) is 29.3 Å². The highest BCUT2D eigenvalue weighted by Crippen LogP contribution is 2.11. The van der Waals surface area contributed by atoms with Gasteiger partial charge < -0.3 is 5.73 Å². The van der Waals surface area contributed by atoms with Crippen molar-refractivity contribution in [2.24, 2.45) is 16.6 Å². The fourth-order valence-electron chi connectivity index (χ4n) is 1.65. The van der Waals surface area contributed by atoms with Crippen molar-refractivity contribution in [1.29, 1.82) is 5.26 Å². The molecule has 0 aliphatic heterocycles. The van der Waals surface area contributed by atoms with Gasteiger partial charge in [0.2, 0.25) is 6.19 Å². The van der Waals surface area contributed by atoms with Gasteiger partial charge >= 0.3 is 0 Å². The van der Waals surface area contributed by atoms with E-state index in [1.165, 1.54) is 5.56 Å². The Labute approximate surface area is 96.6 Å². The zero-order valence-electron chi connectivity index (χ0n) is 9.77. The molecule has 1 aromatic carbocycles. The third-order valence-electron chi connectivity index (χ3n) is 2.21. The molecule has 0 radical (unpaired) electrons. The fraction of sp³-hybridized carbons (Fsp3) is 0.385. The second-order valence-corrected chi connectivity index (χ2v) is 4.30. The van der Waals surface area contributed by atoms with Gasteiger partial charge in [0.15, 0.2) is 0 Å². The molecule has 0 saturated carbocycles. The minimum atomic E-state index is 0.365. The summed E-state index contributed by atoms with van der Waals surface area (Å²) in [6.45, 7) is 4.39. The van der Waals surface area contributed by atoms with E-state index in [9.17, 15) is 0 Å². The van der Waals surface area contributed by atoms with E-state index in [1.54, 1.807) is 6.19 Å². The minimum Gasteiger partial charge on any atom is -0.386 e. The van der Waals surface area contributed by atoms with E-state index in [2.05, 4.69) is 31.0 Å². The van der Waals surface area contributed by atoms with Crippen LogP contribution in [0.2, 0.25) is 0 Å². The second kappa shape index (κ2) is 5.92. The van der Waals surface area contributed by atoms with Gasteiger partial charge in [0.1, 0.15) is 5.84 Å². The maximum atomic E-state index is 8.37. The molecule has 0 spiro atoms. The predicted octanol–water partition coefficient (Wildman–Crippen LogP) is 2.27. The van der Waals surface area contributed by atoms with Crippen molar-refractivity contribution in [3.05, 3.63) is 35.4 Å². The Morgan fingerprint density at radius 3 is 2.75 bits per heavy atom. The number of amidine groups is 1. The summed E-state index contributed by atoms with van der Waals surface area (Å²) in [7, 11) is 0. The zero-order chi connectivity index (χ0) is 12.0. The Morgan fingerprint density at radius 2 is 2.12 bits per heavy atom. The molecule has 0 atom stereocenters. The van der Waals surface area contributed by atoms with Gasteiger partial charge in [-0.3, -0.25) is 0 Å². The van der Waals surface area contributed by atoms with E-state index < -0.39 is 0 Å². The highest BCUT2D eigenvalue weighted by atomic mass is 14.8. The number of nitriles is 1. The first-order valence-electron chi connectivity index (χ1n) is 5.40. The molecular weight excluding hydrogens is 198 g/mol. The Kier molecular flexibility index (Phi) is 4.53. The van der Waals surface area contributed by atoms with Gasteiger partial charge in [-0.05, 0) is 23.5 Å². The molecule has 0 amide bonds. The summed E-state index contributed by atoms with van der Waals surface area (Å²) >= 11 is 0. The maximum absolute atomic E-state index is 8.37. The van der Waals surface area contributed by atoms with E-state index >= 15 is 0 Å². The molecule has 3 nitrogen and oxygen atoms in total. The van der Waals surface area contributed by atoms with Gasteiger partial charge in [-0.2, -0.15) is 10.3 Å². The summed E-state index contributed by atoms with van der Waals surface area (Å²) < 4.78 is 0. The summed E-state index contributed by atoms with van der Waals surface area (Å²) in [6.07, 6.45) is 3.30. The summed E-state index contributed by atoms with van der Waals surface area (Å²) in [5.74, 6) is 1.00. The molecule has 3 heteroatoms. The lowest BCUT2D eigenvalue weighted by atomic mass is 10.00. The Morgan fingerprint density at radius 1 is 1.44 bits per heavy atom. The highest BCUT2D eigenvalue weighted by molar-refractivity contribution is 5.83. The third-order valence-corrected chi connectivity index (χ3v) is 2.21. The molecule has 0 aliphatic carbocycles. The maximum Gasteiger partial charge on any atom is 0.207 e. The van der Waals surface area contributed by atoms with E-state index in [4.69, 9.17) is 11.0 Å². The van der Waals surface area contributed by atoms with Crippen molar-refractivity contribution in [3.63, 3.8) is 0 Å². The van der Waals surface area contributed by atoms with Gasteiger partial charge in [0, 0.05) is 6.42 Å². The lowest BCUT2D eigenvalue weighted by Gasteiger charge is -2.07. The number of benzene rings is 1. The normalized spacial score (nSPS) is 11.5. The quantitative estimate of drug-likeness (QED) is 0.475. The highest BCUT2D eigenvalue weighted by Gasteiger charge is 2.01. The topological polar surface area (TPSA) is 62.2 Å². The SMILES string of the molecule is CC(C)Cc1cccc(CC(N)=NC#N)c1. The van der Waals surface area contributed by atoms with Crippen LogP contribution in [0, 0.1) is 17.4 Å². The van der Waals surface area contributed by atoms with Crippen molar-refractivity contribution in [1.82, 2.24) is 0 Å². The predicted molar refractivity (Wildman–Crippen MR) is 65.9 cm³/mol. The lowest BCUT2D eigenvalue weighted by Crippen LogP contribution is -2.14. The Balaban J connectivity index is 2.75. The van der Waals surface area contributed by atoms with E-state index in [0.29, 0.717) is 18.2 Å². The number of rotatable bonds is 4. The standard InChI is InChI=1S/C13H17N3/c1-10(2)6-11-4-3-5-12(7-11)8-13(15)16-9-14/h3-5,7,10H,6,8H2,1-2H3,(H2,15,16). The van der Waals surface area contributed by atoms with Crippen LogP contribution in [-0.2, 0) is 12.8 Å². The van der Waals surface area contributed by atoms with Crippen molar-refractivity contribution in [3.8, 4) is 6.19 Å². The average Bonchev–Trinajstić information content (AvgIpc) is 2.17. The molecular formula is C13H17N3. The number of hydrogen-bond acceptors (Lipinski definition) is 2. The third kappa shape index (κ3) is 4.14. The zero-order valence-corrected chi connectivity index (χ0v) is 9.77. The summed E-state index contributed by atoms with van der Waals surface area (Å²) in [5, 5.41) is 8.37. The van der Waals surface area contributed by atoms with Crippen molar-refractivity contribution >= 4 is 5.84 Å². The molecule has 2 N–H and O–H groups in total. The van der Waals surface area contributed by atoms with Gasteiger partial charge in [-0.25, -0.2) is 0 Å². The van der Waals surface area contributed by atoms with Crippen molar-refractivity contribution in [2.45, 2.75) is 26.7 Å². The first-order valence-corrected chi connectivity index (χ1v) is 5.40. The van der Waals surface area contributed by atoms with E-state index in [0.717, 1.165) is 12.0 Å². The molecule has 0 saturated heterocycles. The first kappa shape index (κ1) is 12.3. The van der Waals surface area contributed by atoms with Gasteiger partial charge in [-0.15, -0.1) is 0 Å². The molecule has 0 aliphatic rings. The molecule has 0 bridgehead atoms. The van der Waals surface area contributed by atoms with Crippen LogP contribution < -0.4 is 5.73 Å². The van der Waals surface area contributed by atoms with Crippen LogP contribution in [0.1, 0.15) is 25.0 Å². The summed E-state index contributed by atoms with van der Waals surface area (Å²) in [6, 6.07) is 8.26. The van der Waals surface area contributed by atoms with E-state index in [-0.39, 0.29) is 0 Å². The Bertz CT molecular complexity index is 413. The molecule has 0 unspecified atom stereocenters. The van der Waals surface area contributed by atoms with Crippen LogP contribution in [0.25, 0.3) is 0 Å². The Hall–Kier alpha value is -1.82. The number of hydrogen-bond donors (Lipinski definition) is 1. The number of aliphatic imine (C=N–C) groups is 1. The van der Waals surface area contributed by atoms with Crippen LogP contribution in [0.3, 0.4) is 0 Å². The van der Waals surface area contributed by atoms with Crippen LogP contribution in [0.4, 0.5) is 0 Å². The van der Waals surface area contributed by atoms with E-state index in [1.807, 2.05) is 12.1 Å². The van der Waals surface area contributed by atoms with Crippen LogP contribution in [-0.4, -0.2) is 5.84 Å². The van der Waals surface area contributed by atoms with Crippen molar-refractivity contribution in [2.75, 3.05) is 0 Å². The van der Waals surface area contributed by atoms with Crippen LogP contribution >= 0.6 is 0 Å². The average molecular weight is 215 g/mol. The number of nitrogens with zero attached hydrogens (tertiary/aromatic N) is 2.